The minimum absolute atomic E-state index is 0.0350. The molecule has 178 valence electrons. The number of imidazole rings is 2. The first-order valence-electron chi connectivity index (χ1n) is 11.2. The van der Waals surface area contributed by atoms with Crippen molar-refractivity contribution in [2.75, 3.05) is 43.4 Å². The number of anilines is 2. The monoisotopic (exact) mass is 476 g/mol. The number of piperazine rings is 1. The summed E-state index contributed by atoms with van der Waals surface area (Å²) in [6.07, 6.45) is 3.38. The minimum atomic E-state index is -0.971. The lowest BCUT2D eigenvalue weighted by Gasteiger charge is -2.32. The average molecular weight is 476 g/mol. The lowest BCUT2D eigenvalue weighted by Crippen LogP contribution is -2.45. The fourth-order valence-corrected chi connectivity index (χ4v) is 4.14. The van der Waals surface area contributed by atoms with Crippen LogP contribution in [0.3, 0.4) is 0 Å². The Morgan fingerprint density at radius 1 is 0.971 bits per heavy atom. The van der Waals surface area contributed by atoms with E-state index in [-0.39, 0.29) is 12.1 Å². The topological polar surface area (TPSA) is 104 Å². The lowest BCUT2D eigenvalue weighted by atomic mass is 10.3. The minimum Gasteiger partial charge on any atom is -0.361 e. The van der Waals surface area contributed by atoms with Crippen molar-refractivity contribution in [1.29, 1.82) is 0 Å². The second-order valence-corrected chi connectivity index (χ2v) is 8.43. The van der Waals surface area contributed by atoms with Gasteiger partial charge in [-0.1, -0.05) is 6.07 Å². The molecule has 6 rings (SSSR count). The number of benzene rings is 1. The zero-order valence-corrected chi connectivity index (χ0v) is 18.9. The Bertz CT molecular complexity index is 1510. The third kappa shape index (κ3) is 3.91. The molecule has 4 aromatic heterocycles. The molecule has 0 amide bonds. The second-order valence-electron chi connectivity index (χ2n) is 8.43. The van der Waals surface area contributed by atoms with Crippen LogP contribution in [0.2, 0.25) is 0 Å². The molecule has 1 saturated heterocycles. The van der Waals surface area contributed by atoms with Crippen molar-refractivity contribution in [2.45, 2.75) is 6.54 Å². The molecule has 0 bridgehead atoms. The Hall–Kier alpha value is -4.19. The van der Waals surface area contributed by atoms with Gasteiger partial charge in [-0.25, -0.2) is 23.7 Å². The van der Waals surface area contributed by atoms with Crippen LogP contribution in [0, 0.1) is 11.6 Å². The third-order valence-corrected chi connectivity index (χ3v) is 6.08. The number of hydrogen-bond acceptors (Lipinski definition) is 8. The molecule has 35 heavy (non-hydrogen) atoms. The molecular formula is C23H22F2N10. The van der Waals surface area contributed by atoms with E-state index in [0.29, 0.717) is 40.1 Å². The number of aromatic amines is 1. The predicted octanol–water partition coefficient (Wildman–Crippen LogP) is 2.73. The van der Waals surface area contributed by atoms with E-state index in [2.05, 4.69) is 42.1 Å². The number of H-pyrrole nitrogens is 1. The highest BCUT2D eigenvalue weighted by atomic mass is 19.2. The Morgan fingerprint density at radius 2 is 1.83 bits per heavy atom. The van der Waals surface area contributed by atoms with Crippen molar-refractivity contribution in [3.8, 4) is 5.82 Å². The summed E-state index contributed by atoms with van der Waals surface area (Å²) in [7, 11) is 2.09. The van der Waals surface area contributed by atoms with Crippen molar-refractivity contribution in [1.82, 2.24) is 39.4 Å². The fourth-order valence-electron chi connectivity index (χ4n) is 4.14. The highest BCUT2D eigenvalue weighted by Crippen LogP contribution is 2.26. The van der Waals surface area contributed by atoms with Gasteiger partial charge in [0, 0.05) is 32.4 Å². The molecule has 1 aliphatic heterocycles. The number of likely N-dealkylation sites (N-methyl/N-ethyl adjacent to an activating group) is 1. The molecule has 2 N–H and O–H groups in total. The summed E-state index contributed by atoms with van der Waals surface area (Å²) in [5.41, 5.74) is 1.58. The van der Waals surface area contributed by atoms with Gasteiger partial charge in [0.05, 0.1) is 12.1 Å². The van der Waals surface area contributed by atoms with Crippen LogP contribution in [0.25, 0.3) is 28.0 Å². The first-order chi connectivity index (χ1) is 17.1. The maximum atomic E-state index is 14.1. The third-order valence-electron chi connectivity index (χ3n) is 6.08. The number of halogens is 2. The van der Waals surface area contributed by atoms with Gasteiger partial charge in [0.25, 0.3) is 0 Å². The van der Waals surface area contributed by atoms with Gasteiger partial charge in [-0.2, -0.15) is 9.97 Å². The van der Waals surface area contributed by atoms with E-state index in [1.54, 1.807) is 12.5 Å². The maximum absolute atomic E-state index is 14.1. The fraction of sp³-hybridized carbons (Fsp3) is 0.261. The summed E-state index contributed by atoms with van der Waals surface area (Å²) in [5, 5.41) is 3.26. The van der Waals surface area contributed by atoms with E-state index in [1.807, 2.05) is 22.8 Å². The van der Waals surface area contributed by atoms with Crippen molar-refractivity contribution in [3.05, 3.63) is 60.3 Å². The summed E-state index contributed by atoms with van der Waals surface area (Å²) in [5.74, 6) is 0.341. The van der Waals surface area contributed by atoms with Gasteiger partial charge < -0.3 is 20.1 Å². The summed E-state index contributed by atoms with van der Waals surface area (Å²) in [6, 6.07) is 8.18. The largest absolute Gasteiger partial charge is 0.361 e. The summed E-state index contributed by atoms with van der Waals surface area (Å²) in [6.45, 7) is 3.62. The molecule has 10 nitrogen and oxygen atoms in total. The van der Waals surface area contributed by atoms with Gasteiger partial charge in [-0.15, -0.1) is 0 Å². The van der Waals surface area contributed by atoms with Crippen LogP contribution in [-0.4, -0.2) is 72.6 Å². The zero-order valence-electron chi connectivity index (χ0n) is 18.9. The molecule has 1 aromatic carbocycles. The van der Waals surface area contributed by atoms with Gasteiger partial charge in [-0.3, -0.25) is 4.57 Å². The first kappa shape index (κ1) is 21.4. The van der Waals surface area contributed by atoms with E-state index in [4.69, 9.17) is 9.97 Å². The van der Waals surface area contributed by atoms with Crippen molar-refractivity contribution in [2.24, 2.45) is 0 Å². The van der Waals surface area contributed by atoms with E-state index in [1.165, 1.54) is 6.07 Å². The molecule has 1 aliphatic rings. The molecule has 0 saturated carbocycles. The standard InChI is InChI=1S/C23H22F2N10/c1-33-8-10-34(11-9-33)23-31-21(20-22(32-23)35(13-28-20)17-4-2-3-7-26-17)27-12-16-29-15-6-5-14(24)18(25)19(15)30-16/h2-7,13H,8-12H2,1H3,(H,29,30)(H,27,31,32). The number of aromatic nitrogens is 7. The summed E-state index contributed by atoms with van der Waals surface area (Å²) in [4.78, 5) is 30.2. The highest BCUT2D eigenvalue weighted by molar-refractivity contribution is 5.85. The molecule has 1 fully saturated rings. The van der Waals surface area contributed by atoms with Crippen LogP contribution in [0.4, 0.5) is 20.5 Å². The molecule has 0 radical (unpaired) electrons. The van der Waals surface area contributed by atoms with Gasteiger partial charge in [0.1, 0.15) is 23.5 Å². The Morgan fingerprint density at radius 3 is 2.63 bits per heavy atom. The molecule has 5 aromatic rings. The number of rotatable bonds is 5. The molecule has 0 aliphatic carbocycles. The van der Waals surface area contributed by atoms with Crippen LogP contribution in [-0.2, 0) is 6.54 Å². The highest BCUT2D eigenvalue weighted by Gasteiger charge is 2.21. The Balaban J connectivity index is 1.38. The van der Waals surface area contributed by atoms with Crippen LogP contribution in [0.15, 0.2) is 42.9 Å². The van der Waals surface area contributed by atoms with Crippen molar-refractivity contribution >= 4 is 34.0 Å². The quantitative estimate of drug-likeness (QED) is 0.399. The normalized spacial score (nSPS) is 14.8. The second kappa shape index (κ2) is 8.55. The van der Waals surface area contributed by atoms with Crippen molar-refractivity contribution in [3.63, 3.8) is 0 Å². The van der Waals surface area contributed by atoms with Crippen LogP contribution in [0.5, 0.6) is 0 Å². The van der Waals surface area contributed by atoms with Crippen molar-refractivity contribution < 1.29 is 8.78 Å². The van der Waals surface area contributed by atoms with Crippen LogP contribution < -0.4 is 10.2 Å². The molecule has 0 spiro atoms. The Labute approximate surface area is 198 Å². The lowest BCUT2D eigenvalue weighted by molar-refractivity contribution is 0.311. The van der Waals surface area contributed by atoms with Gasteiger partial charge in [0.2, 0.25) is 5.95 Å². The molecule has 5 heterocycles. The molecule has 12 heteroatoms. The van der Waals surface area contributed by atoms with E-state index in [0.717, 1.165) is 32.2 Å². The van der Waals surface area contributed by atoms with Gasteiger partial charge >= 0.3 is 0 Å². The van der Waals surface area contributed by atoms with Gasteiger partial charge in [0.15, 0.2) is 28.6 Å². The molecule has 0 unspecified atom stereocenters. The number of fused-ring (bicyclic) bond motifs is 2. The Kier molecular flexibility index (Phi) is 5.21. The van der Waals surface area contributed by atoms with E-state index >= 15 is 0 Å². The smallest absolute Gasteiger partial charge is 0.229 e. The van der Waals surface area contributed by atoms with Gasteiger partial charge in [-0.05, 0) is 31.3 Å². The number of nitrogens with zero attached hydrogens (tertiary/aromatic N) is 8. The number of hydrogen-bond donors (Lipinski definition) is 2. The SMILES string of the molecule is CN1CCN(c2nc(NCc3nc4c(F)c(F)ccc4[nH]3)c3ncn(-c4ccccn4)c3n2)CC1. The average Bonchev–Trinajstić information content (AvgIpc) is 3.50. The van der Waals surface area contributed by atoms with Crippen LogP contribution >= 0.6 is 0 Å². The summed E-state index contributed by atoms with van der Waals surface area (Å²) >= 11 is 0. The van der Waals surface area contributed by atoms with E-state index in [9.17, 15) is 8.78 Å². The number of pyridine rings is 1. The molecular weight excluding hydrogens is 454 g/mol. The molecule has 0 atom stereocenters. The van der Waals surface area contributed by atoms with E-state index < -0.39 is 11.6 Å². The zero-order chi connectivity index (χ0) is 23.9. The van der Waals surface area contributed by atoms with Crippen LogP contribution in [0.1, 0.15) is 5.82 Å². The summed E-state index contributed by atoms with van der Waals surface area (Å²) < 4.78 is 29.5. The maximum Gasteiger partial charge on any atom is 0.229 e. The number of nitrogens with one attached hydrogen (secondary N) is 2. The predicted molar refractivity (Wildman–Crippen MR) is 128 cm³/mol. The first-order valence-corrected chi connectivity index (χ1v) is 11.2.